The SMILES string of the molecule is FC1(F)CN(c2cc(Cl)nn3cnnc23)CC12CC2. The second-order valence-electron chi connectivity index (χ2n) is 5.29. The Balaban J connectivity index is 1.81. The molecule has 5 nitrogen and oxygen atoms in total. The van der Waals surface area contributed by atoms with Gasteiger partial charge in [0.1, 0.15) is 6.33 Å². The van der Waals surface area contributed by atoms with Crippen LogP contribution in [0.5, 0.6) is 0 Å². The zero-order valence-electron chi connectivity index (χ0n) is 9.85. The van der Waals surface area contributed by atoms with Gasteiger partial charge in [0.15, 0.2) is 5.15 Å². The van der Waals surface area contributed by atoms with E-state index in [4.69, 9.17) is 11.6 Å². The molecule has 1 aliphatic heterocycles. The molecule has 1 saturated carbocycles. The van der Waals surface area contributed by atoms with Gasteiger partial charge in [-0.2, -0.15) is 9.61 Å². The van der Waals surface area contributed by atoms with Crippen LogP contribution in [0.3, 0.4) is 0 Å². The molecular formula is C11H10ClF2N5. The molecule has 2 aromatic rings. The van der Waals surface area contributed by atoms with Crippen LogP contribution in [0.15, 0.2) is 12.4 Å². The summed E-state index contributed by atoms with van der Waals surface area (Å²) in [6.07, 6.45) is 2.57. The van der Waals surface area contributed by atoms with Crippen molar-refractivity contribution in [3.05, 3.63) is 17.5 Å². The molecule has 2 aromatic heterocycles. The lowest BCUT2D eigenvalue weighted by atomic mass is 10.0. The highest BCUT2D eigenvalue weighted by Crippen LogP contribution is 2.61. The van der Waals surface area contributed by atoms with Gasteiger partial charge in [-0.25, -0.2) is 8.78 Å². The van der Waals surface area contributed by atoms with E-state index in [0.29, 0.717) is 30.7 Å². The Labute approximate surface area is 112 Å². The van der Waals surface area contributed by atoms with Crippen molar-refractivity contribution < 1.29 is 8.78 Å². The van der Waals surface area contributed by atoms with Crippen molar-refractivity contribution in [1.82, 2.24) is 19.8 Å². The molecule has 0 aromatic carbocycles. The normalized spacial score (nSPS) is 23.4. The first kappa shape index (κ1) is 11.3. The number of halogens is 3. The standard InChI is InChI=1S/C11H10ClF2N5/c12-8-3-7(9-16-15-6-19(9)17-8)18-4-10(1-2-10)11(13,14)5-18/h3,6H,1-2,4-5H2. The fourth-order valence-corrected chi connectivity index (χ4v) is 2.99. The Kier molecular flexibility index (Phi) is 1.99. The number of alkyl halides is 2. The van der Waals surface area contributed by atoms with Gasteiger partial charge >= 0.3 is 0 Å². The second-order valence-corrected chi connectivity index (χ2v) is 5.68. The lowest BCUT2D eigenvalue weighted by Gasteiger charge is -2.18. The van der Waals surface area contributed by atoms with E-state index in [0.717, 1.165) is 0 Å². The molecule has 0 radical (unpaired) electrons. The molecule has 0 atom stereocenters. The minimum absolute atomic E-state index is 0.238. The number of anilines is 1. The molecule has 3 heterocycles. The monoisotopic (exact) mass is 285 g/mol. The molecule has 1 spiro atoms. The summed E-state index contributed by atoms with van der Waals surface area (Å²) in [5.74, 6) is -2.65. The topological polar surface area (TPSA) is 46.3 Å². The molecule has 1 aliphatic carbocycles. The molecule has 2 fully saturated rings. The van der Waals surface area contributed by atoms with E-state index < -0.39 is 11.3 Å². The first-order valence-electron chi connectivity index (χ1n) is 6.00. The summed E-state index contributed by atoms with van der Waals surface area (Å²) in [5.41, 5.74) is 0.179. The predicted molar refractivity (Wildman–Crippen MR) is 64.6 cm³/mol. The molecule has 4 rings (SSSR count). The van der Waals surface area contributed by atoms with Crippen molar-refractivity contribution in [2.75, 3.05) is 18.0 Å². The van der Waals surface area contributed by atoms with Crippen molar-refractivity contribution in [2.24, 2.45) is 5.41 Å². The largest absolute Gasteiger partial charge is 0.361 e. The fraction of sp³-hybridized carbons (Fsp3) is 0.545. The number of aromatic nitrogens is 4. The molecule has 0 N–H and O–H groups in total. The van der Waals surface area contributed by atoms with E-state index >= 15 is 0 Å². The summed E-state index contributed by atoms with van der Waals surface area (Å²) in [4.78, 5) is 1.64. The number of nitrogens with zero attached hydrogens (tertiary/aromatic N) is 5. The minimum atomic E-state index is -2.65. The van der Waals surface area contributed by atoms with Crippen LogP contribution in [0.1, 0.15) is 12.8 Å². The quantitative estimate of drug-likeness (QED) is 0.804. The van der Waals surface area contributed by atoms with E-state index in [1.54, 1.807) is 11.0 Å². The highest BCUT2D eigenvalue weighted by molar-refractivity contribution is 6.29. The highest BCUT2D eigenvalue weighted by Gasteiger charge is 2.67. The lowest BCUT2D eigenvalue weighted by molar-refractivity contribution is -0.0334. The van der Waals surface area contributed by atoms with E-state index in [-0.39, 0.29) is 11.7 Å². The van der Waals surface area contributed by atoms with Crippen LogP contribution in [0, 0.1) is 5.41 Å². The third-order valence-electron chi connectivity index (χ3n) is 4.07. The zero-order chi connectivity index (χ0) is 13.3. The Bertz CT molecular complexity index is 660. The molecule has 2 aliphatic rings. The van der Waals surface area contributed by atoms with Crippen LogP contribution >= 0.6 is 11.6 Å². The molecule has 0 amide bonds. The van der Waals surface area contributed by atoms with Gasteiger partial charge in [0.05, 0.1) is 17.6 Å². The number of hydrogen-bond donors (Lipinski definition) is 0. The van der Waals surface area contributed by atoms with Crippen molar-refractivity contribution in [3.8, 4) is 0 Å². The average molecular weight is 286 g/mol. The number of hydrogen-bond acceptors (Lipinski definition) is 4. The summed E-state index contributed by atoms with van der Waals surface area (Å²) in [6, 6.07) is 1.57. The van der Waals surface area contributed by atoms with Crippen molar-refractivity contribution in [2.45, 2.75) is 18.8 Å². The summed E-state index contributed by atoms with van der Waals surface area (Å²) in [5, 5.41) is 11.9. The Morgan fingerprint density at radius 3 is 2.74 bits per heavy atom. The van der Waals surface area contributed by atoms with E-state index in [1.807, 2.05) is 0 Å². The average Bonchev–Trinajstić information content (AvgIpc) is 2.89. The van der Waals surface area contributed by atoms with E-state index in [1.165, 1.54) is 10.8 Å². The molecule has 19 heavy (non-hydrogen) atoms. The van der Waals surface area contributed by atoms with Gasteiger partial charge in [-0.05, 0) is 12.8 Å². The first-order valence-corrected chi connectivity index (χ1v) is 6.38. The fourth-order valence-electron chi connectivity index (χ4n) is 2.80. The van der Waals surface area contributed by atoms with Crippen molar-refractivity contribution in [1.29, 1.82) is 0 Å². The first-order chi connectivity index (χ1) is 9.01. The molecule has 0 unspecified atom stereocenters. The summed E-state index contributed by atoms with van der Waals surface area (Å²) in [6.45, 7) is 0.0404. The van der Waals surface area contributed by atoms with Crippen LogP contribution < -0.4 is 4.90 Å². The number of rotatable bonds is 1. The summed E-state index contributed by atoms with van der Waals surface area (Å²) >= 11 is 5.92. The maximum Gasteiger partial charge on any atom is 0.272 e. The minimum Gasteiger partial charge on any atom is -0.361 e. The molecule has 8 heteroatoms. The molecule has 0 bridgehead atoms. The maximum atomic E-state index is 14.0. The van der Waals surface area contributed by atoms with Crippen LogP contribution in [0.4, 0.5) is 14.5 Å². The summed E-state index contributed by atoms with van der Waals surface area (Å²) in [7, 11) is 0. The smallest absolute Gasteiger partial charge is 0.272 e. The zero-order valence-corrected chi connectivity index (χ0v) is 10.6. The third kappa shape index (κ3) is 1.47. The van der Waals surface area contributed by atoms with E-state index in [2.05, 4.69) is 15.3 Å². The van der Waals surface area contributed by atoms with Gasteiger partial charge in [-0.15, -0.1) is 10.2 Å². The van der Waals surface area contributed by atoms with Gasteiger partial charge in [0, 0.05) is 12.6 Å². The van der Waals surface area contributed by atoms with Crippen LogP contribution in [0.25, 0.3) is 5.65 Å². The van der Waals surface area contributed by atoms with Crippen LogP contribution in [-0.2, 0) is 0 Å². The number of fused-ring (bicyclic) bond motifs is 1. The Hall–Kier alpha value is -1.50. The maximum absolute atomic E-state index is 14.0. The lowest BCUT2D eigenvalue weighted by Crippen LogP contribution is -2.28. The molecule has 1 saturated heterocycles. The molecular weight excluding hydrogens is 276 g/mol. The summed E-state index contributed by atoms with van der Waals surface area (Å²) < 4.78 is 29.4. The second kappa shape index (κ2) is 3.33. The van der Waals surface area contributed by atoms with Gasteiger partial charge in [-0.3, -0.25) is 0 Å². The highest BCUT2D eigenvalue weighted by atomic mass is 35.5. The van der Waals surface area contributed by atoms with Gasteiger partial charge in [0.2, 0.25) is 5.65 Å². The van der Waals surface area contributed by atoms with Crippen molar-refractivity contribution >= 4 is 22.9 Å². The van der Waals surface area contributed by atoms with E-state index in [9.17, 15) is 8.78 Å². The van der Waals surface area contributed by atoms with Gasteiger partial charge in [0.25, 0.3) is 5.92 Å². The van der Waals surface area contributed by atoms with Crippen molar-refractivity contribution in [3.63, 3.8) is 0 Å². The van der Waals surface area contributed by atoms with Crippen LogP contribution in [0.2, 0.25) is 5.15 Å². The van der Waals surface area contributed by atoms with Gasteiger partial charge in [-0.1, -0.05) is 11.6 Å². The molecule has 100 valence electrons. The Morgan fingerprint density at radius 1 is 1.26 bits per heavy atom. The van der Waals surface area contributed by atoms with Crippen LogP contribution in [-0.4, -0.2) is 38.8 Å². The predicted octanol–water partition coefficient (Wildman–Crippen LogP) is 2.01. The third-order valence-corrected chi connectivity index (χ3v) is 4.26. The Morgan fingerprint density at radius 2 is 2.05 bits per heavy atom. The van der Waals surface area contributed by atoms with Gasteiger partial charge < -0.3 is 4.90 Å².